The largest absolute Gasteiger partial charge is 0.308 e. The second-order valence-electron chi connectivity index (χ2n) is 12.4. The molecule has 5 nitrogen and oxygen atoms in total. The fourth-order valence-corrected chi connectivity index (χ4v) is 6.81. The lowest BCUT2D eigenvalue weighted by Crippen LogP contribution is -2.04. The SMILES string of the molecule is N#Cc1ccc(-n2c3ccc(-c4ccccc4)cc3c3cc(-c4ccccc4)ccc32)c(-c2nc(-c3ccccc3)nc(-c3ccccc3)n2)c1. The summed E-state index contributed by atoms with van der Waals surface area (Å²) in [5.74, 6) is 1.62. The molecule has 0 N–H and O–H groups in total. The standard InChI is InChI=1S/C46H29N5/c47-30-31-21-24-43(40(27-31)46-49-44(34-17-9-3-10-18-34)48-45(50-46)35-19-11-4-12-20-35)51-41-25-22-36(32-13-5-1-6-14-32)28-38(41)39-29-37(23-26-42(39)51)33-15-7-2-8-16-33/h1-29H. The van der Waals surface area contributed by atoms with Gasteiger partial charge in [-0.3, -0.25) is 0 Å². The summed E-state index contributed by atoms with van der Waals surface area (Å²) in [7, 11) is 0. The molecule has 0 fully saturated rings. The van der Waals surface area contributed by atoms with Crippen LogP contribution in [-0.4, -0.2) is 19.5 Å². The van der Waals surface area contributed by atoms with Crippen LogP contribution in [-0.2, 0) is 0 Å². The molecule has 0 amide bonds. The van der Waals surface area contributed by atoms with Crippen molar-refractivity contribution in [3.05, 3.63) is 181 Å². The van der Waals surface area contributed by atoms with Crippen molar-refractivity contribution in [1.82, 2.24) is 19.5 Å². The van der Waals surface area contributed by atoms with Gasteiger partial charge in [0.2, 0.25) is 0 Å². The lowest BCUT2D eigenvalue weighted by Gasteiger charge is -2.15. The Labute approximate surface area is 295 Å². The van der Waals surface area contributed by atoms with E-state index in [2.05, 4.69) is 95.6 Å². The monoisotopic (exact) mass is 651 g/mol. The van der Waals surface area contributed by atoms with Crippen molar-refractivity contribution in [3.8, 4) is 68.2 Å². The Balaban J connectivity index is 1.33. The lowest BCUT2D eigenvalue weighted by molar-refractivity contribution is 1.06. The highest BCUT2D eigenvalue weighted by Crippen LogP contribution is 2.40. The summed E-state index contributed by atoms with van der Waals surface area (Å²) >= 11 is 0. The van der Waals surface area contributed by atoms with Crippen molar-refractivity contribution in [2.45, 2.75) is 0 Å². The van der Waals surface area contributed by atoms with Crippen LogP contribution in [0.2, 0.25) is 0 Å². The molecule has 0 bridgehead atoms. The Kier molecular flexibility index (Phi) is 7.46. The Hall–Kier alpha value is -7.16. The number of hydrogen-bond acceptors (Lipinski definition) is 4. The van der Waals surface area contributed by atoms with E-state index in [1.165, 1.54) is 0 Å². The molecule has 51 heavy (non-hydrogen) atoms. The molecule has 238 valence electrons. The zero-order chi connectivity index (χ0) is 34.1. The highest BCUT2D eigenvalue weighted by atomic mass is 15.1. The van der Waals surface area contributed by atoms with Gasteiger partial charge in [-0.05, 0) is 64.7 Å². The first-order valence-electron chi connectivity index (χ1n) is 16.8. The zero-order valence-electron chi connectivity index (χ0n) is 27.5. The molecule has 0 aliphatic rings. The predicted molar refractivity (Wildman–Crippen MR) is 206 cm³/mol. The van der Waals surface area contributed by atoms with Crippen molar-refractivity contribution >= 4 is 21.8 Å². The molecule has 2 aromatic heterocycles. The average molecular weight is 652 g/mol. The molecule has 2 heterocycles. The Morgan fingerprint density at radius 2 is 0.824 bits per heavy atom. The predicted octanol–water partition coefficient (Wildman–Crippen LogP) is 11.2. The van der Waals surface area contributed by atoms with Gasteiger partial charge in [0.1, 0.15) is 0 Å². The second kappa shape index (κ2) is 12.7. The van der Waals surface area contributed by atoms with Crippen molar-refractivity contribution in [1.29, 1.82) is 5.26 Å². The summed E-state index contributed by atoms with van der Waals surface area (Å²) in [6.07, 6.45) is 0. The molecule has 5 heteroatoms. The molecule has 9 rings (SSSR count). The molecular formula is C46H29N5. The van der Waals surface area contributed by atoms with Crippen LogP contribution < -0.4 is 0 Å². The fraction of sp³-hybridized carbons (Fsp3) is 0. The smallest absolute Gasteiger partial charge is 0.166 e. The van der Waals surface area contributed by atoms with Gasteiger partial charge in [0.15, 0.2) is 17.5 Å². The van der Waals surface area contributed by atoms with Crippen molar-refractivity contribution in [2.75, 3.05) is 0 Å². The number of hydrogen-bond donors (Lipinski definition) is 0. The lowest BCUT2D eigenvalue weighted by atomic mass is 10.0. The number of nitriles is 1. The van der Waals surface area contributed by atoms with Gasteiger partial charge in [-0.2, -0.15) is 5.26 Å². The van der Waals surface area contributed by atoms with Gasteiger partial charge in [-0.1, -0.05) is 133 Å². The molecule has 0 radical (unpaired) electrons. The quantitative estimate of drug-likeness (QED) is 0.179. The van der Waals surface area contributed by atoms with Gasteiger partial charge in [0.05, 0.1) is 28.4 Å². The minimum Gasteiger partial charge on any atom is -0.308 e. The van der Waals surface area contributed by atoms with Crippen LogP contribution in [0.3, 0.4) is 0 Å². The summed E-state index contributed by atoms with van der Waals surface area (Å²) in [6.45, 7) is 0. The van der Waals surface area contributed by atoms with Gasteiger partial charge >= 0.3 is 0 Å². The van der Waals surface area contributed by atoms with Gasteiger partial charge in [0.25, 0.3) is 0 Å². The summed E-state index contributed by atoms with van der Waals surface area (Å²) in [4.78, 5) is 15.1. The first-order valence-corrected chi connectivity index (χ1v) is 16.8. The van der Waals surface area contributed by atoms with Crippen molar-refractivity contribution < 1.29 is 0 Å². The maximum Gasteiger partial charge on any atom is 0.166 e. The topological polar surface area (TPSA) is 67.4 Å². The first-order chi connectivity index (χ1) is 25.2. The summed E-state index contributed by atoms with van der Waals surface area (Å²) in [5.41, 5.74) is 10.6. The van der Waals surface area contributed by atoms with Crippen molar-refractivity contribution in [2.24, 2.45) is 0 Å². The van der Waals surface area contributed by atoms with Gasteiger partial charge in [-0.15, -0.1) is 0 Å². The number of aromatic nitrogens is 4. The van der Waals surface area contributed by atoms with E-state index < -0.39 is 0 Å². The summed E-state index contributed by atoms with van der Waals surface area (Å²) < 4.78 is 2.28. The number of benzene rings is 7. The third kappa shape index (κ3) is 5.51. The third-order valence-corrected chi connectivity index (χ3v) is 9.29. The van der Waals surface area contributed by atoms with Gasteiger partial charge in [0, 0.05) is 27.5 Å². The van der Waals surface area contributed by atoms with Crippen LogP contribution in [0, 0.1) is 11.3 Å². The normalized spacial score (nSPS) is 11.1. The zero-order valence-corrected chi connectivity index (χ0v) is 27.5. The number of fused-ring (bicyclic) bond motifs is 3. The van der Waals surface area contributed by atoms with E-state index in [-0.39, 0.29) is 0 Å². The highest BCUT2D eigenvalue weighted by molar-refractivity contribution is 6.12. The molecule has 7 aromatic carbocycles. The van der Waals surface area contributed by atoms with Crippen LogP contribution in [0.1, 0.15) is 5.56 Å². The number of rotatable bonds is 6. The van der Waals surface area contributed by atoms with Crippen LogP contribution >= 0.6 is 0 Å². The number of nitrogens with zero attached hydrogens (tertiary/aromatic N) is 5. The molecule has 0 spiro atoms. The first kappa shape index (κ1) is 29.9. The van der Waals surface area contributed by atoms with E-state index in [0.717, 1.165) is 66.4 Å². The van der Waals surface area contributed by atoms with Crippen LogP contribution in [0.15, 0.2) is 176 Å². The average Bonchev–Trinajstić information content (AvgIpc) is 3.54. The molecule has 0 aliphatic carbocycles. The molecular weight excluding hydrogens is 623 g/mol. The van der Waals surface area contributed by atoms with E-state index >= 15 is 0 Å². The summed E-state index contributed by atoms with van der Waals surface area (Å²) in [6, 6.07) is 62.3. The third-order valence-electron chi connectivity index (χ3n) is 9.29. The Morgan fingerprint density at radius 3 is 1.27 bits per heavy atom. The maximum absolute atomic E-state index is 10.1. The van der Waals surface area contributed by atoms with Gasteiger partial charge < -0.3 is 4.57 Å². The molecule has 0 saturated carbocycles. The molecule has 0 saturated heterocycles. The molecule has 0 atom stereocenters. The minimum absolute atomic E-state index is 0.492. The van der Waals surface area contributed by atoms with Gasteiger partial charge in [-0.25, -0.2) is 15.0 Å². The van der Waals surface area contributed by atoms with Crippen LogP contribution in [0.25, 0.3) is 83.9 Å². The van der Waals surface area contributed by atoms with Crippen LogP contribution in [0.4, 0.5) is 0 Å². The Morgan fingerprint density at radius 1 is 0.392 bits per heavy atom. The van der Waals surface area contributed by atoms with E-state index in [4.69, 9.17) is 15.0 Å². The molecule has 9 aromatic rings. The van der Waals surface area contributed by atoms with E-state index in [9.17, 15) is 5.26 Å². The Bertz CT molecular complexity index is 2580. The van der Waals surface area contributed by atoms with E-state index in [0.29, 0.717) is 23.0 Å². The highest BCUT2D eigenvalue weighted by Gasteiger charge is 2.21. The second-order valence-corrected chi connectivity index (χ2v) is 12.4. The summed E-state index contributed by atoms with van der Waals surface area (Å²) in [5, 5.41) is 12.4. The van der Waals surface area contributed by atoms with Crippen molar-refractivity contribution in [3.63, 3.8) is 0 Å². The molecule has 0 unspecified atom stereocenters. The molecule has 0 aliphatic heterocycles. The van der Waals surface area contributed by atoms with E-state index in [1.807, 2.05) is 91.0 Å². The minimum atomic E-state index is 0.492. The van der Waals surface area contributed by atoms with Crippen LogP contribution in [0.5, 0.6) is 0 Å². The van der Waals surface area contributed by atoms with E-state index in [1.54, 1.807) is 0 Å². The maximum atomic E-state index is 10.1. The fourth-order valence-electron chi connectivity index (χ4n) is 6.81.